The Hall–Kier alpha value is -1.07. The zero-order valence-electron chi connectivity index (χ0n) is 11.7. The van der Waals surface area contributed by atoms with E-state index in [9.17, 15) is 0 Å². The van der Waals surface area contributed by atoms with Crippen LogP contribution in [0.3, 0.4) is 0 Å². The third kappa shape index (κ3) is 7.76. The lowest BCUT2D eigenvalue weighted by atomic mass is 10.3. The number of oxime groups is 1. The molecule has 0 aliphatic rings. The average Bonchev–Trinajstić information content (AvgIpc) is 2.21. The zero-order chi connectivity index (χ0) is 13.4. The molecule has 0 aromatic carbocycles. The number of likely N-dealkylation sites (N-methyl/N-ethyl adjacent to an activating group) is 1. The van der Waals surface area contributed by atoms with Crippen LogP contribution >= 0.6 is 0 Å². The minimum Gasteiger partial charge on any atom is -0.393 e. The van der Waals surface area contributed by atoms with Crippen LogP contribution in [0.15, 0.2) is 17.4 Å². The zero-order valence-corrected chi connectivity index (χ0v) is 11.7. The molecule has 100 valence electrons. The van der Waals surface area contributed by atoms with Crippen molar-refractivity contribution in [2.24, 2.45) is 10.9 Å². The fraction of sp³-hybridized carbons (Fsp3) is 0.750. The van der Waals surface area contributed by atoms with Gasteiger partial charge in [0.1, 0.15) is 6.61 Å². The second kappa shape index (κ2) is 8.08. The number of allylic oxidation sites excluding steroid dienone is 1. The minimum atomic E-state index is -0.200. The Morgan fingerprint density at radius 1 is 1.47 bits per heavy atom. The van der Waals surface area contributed by atoms with Crippen LogP contribution in [-0.4, -0.2) is 43.0 Å². The molecule has 0 saturated carbocycles. The number of nitrogens with one attached hydrogen (secondary N) is 1. The van der Waals surface area contributed by atoms with Crippen LogP contribution in [0.5, 0.6) is 0 Å². The quantitative estimate of drug-likeness (QED) is 0.304. The summed E-state index contributed by atoms with van der Waals surface area (Å²) in [5.74, 6) is 0.602. The van der Waals surface area contributed by atoms with E-state index in [1.54, 1.807) is 0 Å². The first-order valence-corrected chi connectivity index (χ1v) is 5.92. The van der Waals surface area contributed by atoms with Gasteiger partial charge >= 0.3 is 0 Å². The maximum atomic E-state index is 5.75. The Bertz CT molecular complexity index is 261. The molecular weight excluding hydrogens is 216 g/mol. The lowest BCUT2D eigenvalue weighted by Crippen LogP contribution is -2.38. The van der Waals surface area contributed by atoms with Crippen molar-refractivity contribution >= 4 is 5.84 Å². The number of rotatable bonds is 7. The number of nitrogens with two attached hydrogens (primary N) is 1. The first-order chi connectivity index (χ1) is 7.84. The largest absolute Gasteiger partial charge is 0.393 e. The summed E-state index contributed by atoms with van der Waals surface area (Å²) in [7, 11) is 2.05. The van der Waals surface area contributed by atoms with Crippen LogP contribution in [-0.2, 0) is 4.84 Å². The topological polar surface area (TPSA) is 62.9 Å². The highest BCUT2D eigenvalue weighted by Gasteiger charge is 2.06. The van der Waals surface area contributed by atoms with Crippen molar-refractivity contribution in [3.63, 3.8) is 0 Å². The van der Waals surface area contributed by atoms with E-state index in [-0.39, 0.29) is 6.04 Å². The number of amidine groups is 1. The number of hydrogen-bond acceptors (Lipinski definition) is 4. The molecule has 0 bridgehead atoms. The van der Waals surface area contributed by atoms with E-state index >= 15 is 0 Å². The molecule has 0 aromatic rings. The van der Waals surface area contributed by atoms with Gasteiger partial charge in [-0.05, 0) is 34.7 Å². The normalized spacial score (nSPS) is 14.0. The monoisotopic (exact) mass is 242 g/mol. The van der Waals surface area contributed by atoms with E-state index in [1.807, 2.05) is 13.8 Å². The van der Waals surface area contributed by atoms with Gasteiger partial charge < -0.3 is 20.8 Å². The molecule has 17 heavy (non-hydrogen) atoms. The van der Waals surface area contributed by atoms with Crippen LogP contribution in [0.1, 0.15) is 27.7 Å². The number of nitrogens with zero attached hydrogens (tertiary/aromatic N) is 2. The third-order valence-electron chi connectivity index (χ3n) is 2.35. The van der Waals surface area contributed by atoms with Gasteiger partial charge in [-0.1, -0.05) is 11.7 Å². The summed E-state index contributed by atoms with van der Waals surface area (Å²) in [5, 5.41) is 6.97. The molecule has 1 unspecified atom stereocenters. The van der Waals surface area contributed by atoms with Crippen molar-refractivity contribution in [1.82, 2.24) is 10.2 Å². The van der Waals surface area contributed by atoms with Gasteiger partial charge in [0.15, 0.2) is 5.84 Å². The average molecular weight is 242 g/mol. The predicted octanol–water partition coefficient (Wildman–Crippen LogP) is 1.13. The van der Waals surface area contributed by atoms with Gasteiger partial charge in [0.05, 0.1) is 6.04 Å². The molecular formula is C12H26N4O. The molecule has 0 saturated heterocycles. The predicted molar refractivity (Wildman–Crippen MR) is 72.8 cm³/mol. The Morgan fingerprint density at radius 2 is 2.06 bits per heavy atom. The second-order valence-corrected chi connectivity index (χ2v) is 4.58. The molecule has 0 heterocycles. The fourth-order valence-corrected chi connectivity index (χ4v) is 0.997. The minimum absolute atomic E-state index is 0.200. The summed E-state index contributed by atoms with van der Waals surface area (Å²) in [6.07, 6.45) is 0. The summed E-state index contributed by atoms with van der Waals surface area (Å²) in [6.45, 7) is 13.1. The SMILES string of the molecule is C=C(C)N/C(=N\OCCN(C)C(C)C)C(C)N. The highest BCUT2D eigenvalue weighted by Crippen LogP contribution is 1.94. The van der Waals surface area contributed by atoms with Crippen molar-refractivity contribution in [2.75, 3.05) is 20.2 Å². The summed E-state index contributed by atoms with van der Waals surface area (Å²) >= 11 is 0. The van der Waals surface area contributed by atoms with Crippen molar-refractivity contribution in [3.05, 3.63) is 12.3 Å². The molecule has 0 aliphatic carbocycles. The second-order valence-electron chi connectivity index (χ2n) is 4.58. The van der Waals surface area contributed by atoms with Gasteiger partial charge in [0.25, 0.3) is 0 Å². The van der Waals surface area contributed by atoms with E-state index in [4.69, 9.17) is 10.6 Å². The number of hydrogen-bond donors (Lipinski definition) is 2. The lowest BCUT2D eigenvalue weighted by Gasteiger charge is -2.20. The molecule has 0 fully saturated rings. The lowest BCUT2D eigenvalue weighted by molar-refractivity contribution is 0.108. The Labute approximate surface area is 105 Å². The smallest absolute Gasteiger partial charge is 0.162 e. The Morgan fingerprint density at radius 3 is 2.47 bits per heavy atom. The van der Waals surface area contributed by atoms with Gasteiger partial charge in [-0.3, -0.25) is 0 Å². The molecule has 5 nitrogen and oxygen atoms in total. The fourth-order valence-electron chi connectivity index (χ4n) is 0.997. The molecule has 0 radical (unpaired) electrons. The van der Waals surface area contributed by atoms with Gasteiger partial charge in [0, 0.05) is 18.3 Å². The molecule has 0 aromatic heterocycles. The Kier molecular flexibility index (Phi) is 7.58. The highest BCUT2D eigenvalue weighted by molar-refractivity contribution is 5.87. The van der Waals surface area contributed by atoms with E-state index < -0.39 is 0 Å². The molecule has 0 aliphatic heterocycles. The van der Waals surface area contributed by atoms with Crippen LogP contribution < -0.4 is 11.1 Å². The molecule has 0 spiro atoms. The van der Waals surface area contributed by atoms with Crippen LogP contribution in [0.4, 0.5) is 0 Å². The molecule has 5 heteroatoms. The summed E-state index contributed by atoms with van der Waals surface area (Å²) < 4.78 is 0. The van der Waals surface area contributed by atoms with E-state index in [1.165, 1.54) is 0 Å². The molecule has 1 atom stereocenters. The Balaban J connectivity index is 4.05. The summed E-state index contributed by atoms with van der Waals surface area (Å²) in [4.78, 5) is 7.43. The molecule has 3 N–H and O–H groups in total. The van der Waals surface area contributed by atoms with Gasteiger partial charge in [-0.2, -0.15) is 0 Å². The summed E-state index contributed by atoms with van der Waals surface area (Å²) in [5.41, 5.74) is 6.55. The van der Waals surface area contributed by atoms with Crippen LogP contribution in [0, 0.1) is 0 Å². The van der Waals surface area contributed by atoms with Gasteiger partial charge in [-0.25, -0.2) is 0 Å². The van der Waals surface area contributed by atoms with Crippen LogP contribution in [0.2, 0.25) is 0 Å². The first kappa shape index (κ1) is 15.9. The molecule has 0 rings (SSSR count). The third-order valence-corrected chi connectivity index (χ3v) is 2.35. The molecule has 0 amide bonds. The van der Waals surface area contributed by atoms with Crippen molar-refractivity contribution in [3.8, 4) is 0 Å². The van der Waals surface area contributed by atoms with Crippen molar-refractivity contribution < 1.29 is 4.84 Å². The first-order valence-electron chi connectivity index (χ1n) is 5.92. The standard InChI is InChI=1S/C12H26N4O/c1-9(2)14-12(11(5)13)15-17-8-7-16(6)10(3)4/h10-11H,1,7-8,13H2,2-6H3,(H,14,15). The summed E-state index contributed by atoms with van der Waals surface area (Å²) in [6, 6.07) is 0.304. The van der Waals surface area contributed by atoms with E-state index in [2.05, 4.69) is 42.8 Å². The van der Waals surface area contributed by atoms with Crippen molar-refractivity contribution in [1.29, 1.82) is 0 Å². The van der Waals surface area contributed by atoms with Crippen LogP contribution in [0.25, 0.3) is 0 Å². The maximum Gasteiger partial charge on any atom is 0.162 e. The van der Waals surface area contributed by atoms with Gasteiger partial charge in [0.2, 0.25) is 0 Å². The van der Waals surface area contributed by atoms with E-state index in [0.717, 1.165) is 12.2 Å². The highest BCUT2D eigenvalue weighted by atomic mass is 16.6. The van der Waals surface area contributed by atoms with Gasteiger partial charge in [-0.15, -0.1) is 0 Å². The van der Waals surface area contributed by atoms with Crippen molar-refractivity contribution in [2.45, 2.75) is 39.8 Å². The maximum absolute atomic E-state index is 5.75. The van der Waals surface area contributed by atoms with E-state index in [0.29, 0.717) is 18.5 Å².